The molecule has 0 amide bonds. The highest BCUT2D eigenvalue weighted by molar-refractivity contribution is 5.80. The number of carbonyl (C=O) groups is 1. The Morgan fingerprint density at radius 2 is 2.10 bits per heavy atom. The Hall–Kier alpha value is -1.85. The summed E-state index contributed by atoms with van der Waals surface area (Å²) in [6.07, 6.45) is 1.49. The van der Waals surface area contributed by atoms with Crippen LogP contribution in [-0.2, 0) is 16.1 Å². The Kier molecular flexibility index (Phi) is 6.21. The quantitative estimate of drug-likeness (QED) is 0.554. The lowest BCUT2D eigenvalue weighted by Gasteiger charge is -2.26. The van der Waals surface area contributed by atoms with Crippen LogP contribution in [0.3, 0.4) is 0 Å². The first kappa shape index (κ1) is 16.2. The molecule has 20 heavy (non-hydrogen) atoms. The van der Waals surface area contributed by atoms with E-state index in [-0.39, 0.29) is 13.2 Å². The Balaban J connectivity index is 2.62. The first-order chi connectivity index (χ1) is 9.55. The van der Waals surface area contributed by atoms with Crippen molar-refractivity contribution in [1.29, 1.82) is 0 Å². The average molecular weight is 279 g/mol. The third-order valence-corrected chi connectivity index (χ3v) is 2.94. The van der Waals surface area contributed by atoms with Crippen molar-refractivity contribution < 1.29 is 19.4 Å². The lowest BCUT2D eigenvalue weighted by molar-refractivity contribution is -0.151. The highest BCUT2D eigenvalue weighted by atomic mass is 16.5. The Labute approximate surface area is 119 Å². The molecule has 0 saturated heterocycles. The smallest absolute Gasteiger partial charge is 0.328 e. The highest BCUT2D eigenvalue weighted by Crippen LogP contribution is 2.13. The normalized spacial score (nSPS) is 13.3. The van der Waals surface area contributed by atoms with Crippen LogP contribution >= 0.6 is 0 Å². The van der Waals surface area contributed by atoms with Gasteiger partial charge in [0.2, 0.25) is 0 Å². The van der Waals surface area contributed by atoms with E-state index in [1.165, 1.54) is 6.08 Å². The largest absolute Gasteiger partial charge is 0.497 e. The summed E-state index contributed by atoms with van der Waals surface area (Å²) >= 11 is 0. The van der Waals surface area contributed by atoms with Crippen molar-refractivity contribution in [3.63, 3.8) is 0 Å². The second-order valence-corrected chi connectivity index (χ2v) is 4.58. The molecule has 0 aromatic heterocycles. The van der Waals surface area contributed by atoms with Crippen LogP contribution in [0.15, 0.2) is 36.9 Å². The molecule has 0 aliphatic rings. The third kappa shape index (κ3) is 4.36. The number of rotatable bonds is 8. The molecule has 0 fully saturated rings. The number of carbonyl (C=O) groups excluding carboxylic acids is 1. The Morgan fingerprint density at radius 3 is 2.60 bits per heavy atom. The van der Waals surface area contributed by atoms with Crippen LogP contribution in [0.4, 0.5) is 0 Å². The Morgan fingerprint density at radius 1 is 1.45 bits per heavy atom. The zero-order valence-corrected chi connectivity index (χ0v) is 11.9. The van der Waals surface area contributed by atoms with Crippen molar-refractivity contribution in [3.8, 4) is 5.75 Å². The van der Waals surface area contributed by atoms with Gasteiger partial charge >= 0.3 is 5.97 Å². The molecular formula is C15H21NO4. The van der Waals surface area contributed by atoms with Crippen LogP contribution in [0.25, 0.3) is 0 Å². The lowest BCUT2D eigenvalue weighted by Crippen LogP contribution is -2.53. The molecule has 0 radical (unpaired) electrons. The minimum atomic E-state index is -1.14. The van der Waals surface area contributed by atoms with Gasteiger partial charge in [0.1, 0.15) is 17.9 Å². The summed E-state index contributed by atoms with van der Waals surface area (Å²) in [6.45, 7) is 5.29. The predicted molar refractivity (Wildman–Crippen MR) is 76.5 cm³/mol. The van der Waals surface area contributed by atoms with E-state index < -0.39 is 11.5 Å². The van der Waals surface area contributed by atoms with Gasteiger partial charge in [0.15, 0.2) is 0 Å². The van der Waals surface area contributed by atoms with Crippen molar-refractivity contribution in [1.82, 2.24) is 5.32 Å². The summed E-state index contributed by atoms with van der Waals surface area (Å²) in [7, 11) is 1.60. The van der Waals surface area contributed by atoms with Crippen molar-refractivity contribution in [3.05, 3.63) is 42.5 Å². The molecule has 1 aromatic carbocycles. The van der Waals surface area contributed by atoms with E-state index in [9.17, 15) is 9.90 Å². The van der Waals surface area contributed by atoms with E-state index in [4.69, 9.17) is 9.47 Å². The number of esters is 1. The number of aliphatic hydroxyl groups excluding tert-OH is 1. The summed E-state index contributed by atoms with van der Waals surface area (Å²) in [5, 5.41) is 12.4. The molecule has 1 atom stereocenters. The van der Waals surface area contributed by atoms with E-state index in [0.717, 1.165) is 11.3 Å². The second kappa shape index (κ2) is 7.67. The van der Waals surface area contributed by atoms with Gasteiger partial charge in [-0.1, -0.05) is 24.8 Å². The van der Waals surface area contributed by atoms with Gasteiger partial charge in [-0.05, 0) is 24.6 Å². The number of hydrogen-bond donors (Lipinski definition) is 2. The van der Waals surface area contributed by atoms with Gasteiger partial charge in [0, 0.05) is 6.54 Å². The molecule has 5 nitrogen and oxygen atoms in total. The molecule has 1 aromatic rings. The molecule has 0 aliphatic carbocycles. The number of benzene rings is 1. The molecule has 2 N–H and O–H groups in total. The number of hydrogen-bond acceptors (Lipinski definition) is 5. The number of aliphatic hydroxyl groups is 1. The van der Waals surface area contributed by atoms with Crippen molar-refractivity contribution >= 4 is 5.97 Å². The van der Waals surface area contributed by atoms with Gasteiger partial charge in [-0.2, -0.15) is 0 Å². The van der Waals surface area contributed by atoms with Gasteiger partial charge in [0.25, 0.3) is 0 Å². The van der Waals surface area contributed by atoms with Gasteiger partial charge < -0.3 is 14.6 Å². The van der Waals surface area contributed by atoms with Crippen LogP contribution < -0.4 is 10.1 Å². The second-order valence-electron chi connectivity index (χ2n) is 4.58. The van der Waals surface area contributed by atoms with Crippen LogP contribution in [0.2, 0.25) is 0 Å². The number of methoxy groups -OCH3 is 1. The SMILES string of the molecule is C=CCOC(=O)C(C)(CO)NCc1ccc(OC)cc1. The minimum absolute atomic E-state index is 0.124. The van der Waals surface area contributed by atoms with Crippen LogP contribution in [0, 0.1) is 0 Å². The van der Waals surface area contributed by atoms with Gasteiger partial charge in [0.05, 0.1) is 13.7 Å². The van der Waals surface area contributed by atoms with Crippen molar-refractivity contribution in [2.24, 2.45) is 0 Å². The molecule has 110 valence electrons. The van der Waals surface area contributed by atoms with E-state index in [1.54, 1.807) is 14.0 Å². The first-order valence-corrected chi connectivity index (χ1v) is 6.32. The molecule has 0 bridgehead atoms. The van der Waals surface area contributed by atoms with Crippen LogP contribution in [0.5, 0.6) is 5.75 Å². The molecule has 1 rings (SSSR count). The van der Waals surface area contributed by atoms with E-state index in [0.29, 0.717) is 6.54 Å². The summed E-state index contributed by atoms with van der Waals surface area (Å²) in [6, 6.07) is 7.45. The fourth-order valence-corrected chi connectivity index (χ4v) is 1.53. The summed E-state index contributed by atoms with van der Waals surface area (Å²) in [5.41, 5.74) is -0.162. The predicted octanol–water partition coefficient (Wildman–Crippen LogP) is 1.26. The van der Waals surface area contributed by atoms with E-state index in [1.807, 2.05) is 24.3 Å². The van der Waals surface area contributed by atoms with Crippen molar-refractivity contribution in [2.45, 2.75) is 19.0 Å². The summed E-state index contributed by atoms with van der Waals surface area (Å²) in [5.74, 6) is 0.262. The Bertz CT molecular complexity index is 444. The molecular weight excluding hydrogens is 258 g/mol. The van der Waals surface area contributed by atoms with E-state index >= 15 is 0 Å². The molecule has 1 unspecified atom stereocenters. The fourth-order valence-electron chi connectivity index (χ4n) is 1.53. The monoisotopic (exact) mass is 279 g/mol. The topological polar surface area (TPSA) is 67.8 Å². The minimum Gasteiger partial charge on any atom is -0.497 e. The first-order valence-electron chi connectivity index (χ1n) is 6.32. The van der Waals surface area contributed by atoms with Gasteiger partial charge in [-0.15, -0.1) is 0 Å². The zero-order valence-electron chi connectivity index (χ0n) is 11.9. The highest BCUT2D eigenvalue weighted by Gasteiger charge is 2.33. The standard InChI is InChI=1S/C15H21NO4/c1-4-9-20-14(18)15(2,11-17)16-10-12-5-7-13(19-3)8-6-12/h4-8,16-17H,1,9-11H2,2-3H3. The molecule has 0 aliphatic heterocycles. The third-order valence-electron chi connectivity index (χ3n) is 2.94. The average Bonchev–Trinajstić information content (AvgIpc) is 2.50. The summed E-state index contributed by atoms with van der Waals surface area (Å²) < 4.78 is 10.0. The number of ether oxygens (including phenoxy) is 2. The maximum absolute atomic E-state index is 11.9. The fraction of sp³-hybridized carbons (Fsp3) is 0.400. The maximum Gasteiger partial charge on any atom is 0.328 e. The maximum atomic E-state index is 11.9. The molecule has 0 spiro atoms. The van der Waals surface area contributed by atoms with Gasteiger partial charge in [-0.3, -0.25) is 5.32 Å². The lowest BCUT2D eigenvalue weighted by atomic mass is 10.0. The zero-order chi connectivity index (χ0) is 15.0. The van der Waals surface area contributed by atoms with Crippen LogP contribution in [-0.4, -0.2) is 36.9 Å². The molecule has 0 heterocycles. The van der Waals surface area contributed by atoms with Crippen molar-refractivity contribution in [2.75, 3.05) is 20.3 Å². The van der Waals surface area contributed by atoms with Gasteiger partial charge in [-0.25, -0.2) is 4.79 Å². The summed E-state index contributed by atoms with van der Waals surface area (Å²) in [4.78, 5) is 11.9. The van der Waals surface area contributed by atoms with E-state index in [2.05, 4.69) is 11.9 Å². The molecule has 0 saturated carbocycles. The van der Waals surface area contributed by atoms with Crippen LogP contribution in [0.1, 0.15) is 12.5 Å². The molecule has 5 heteroatoms. The number of nitrogens with one attached hydrogen (secondary N) is 1.